The zero-order valence-corrected chi connectivity index (χ0v) is 13.9. The SMILES string of the molecule is O=C(Cn1nc2c(N3CCCC3)nccn2c1=O)Nc1ccc(F)cc1. The van der Waals surface area contributed by atoms with Crippen molar-refractivity contribution < 1.29 is 9.18 Å². The third-order valence-corrected chi connectivity index (χ3v) is 4.31. The van der Waals surface area contributed by atoms with Crippen LogP contribution >= 0.6 is 0 Å². The van der Waals surface area contributed by atoms with Crippen LogP contribution in [-0.4, -0.2) is 38.2 Å². The van der Waals surface area contributed by atoms with Crippen molar-refractivity contribution >= 4 is 23.1 Å². The lowest BCUT2D eigenvalue weighted by Crippen LogP contribution is -2.28. The van der Waals surface area contributed by atoms with Gasteiger partial charge < -0.3 is 10.2 Å². The Morgan fingerprint density at radius 2 is 1.92 bits per heavy atom. The first-order valence-electron chi connectivity index (χ1n) is 8.36. The van der Waals surface area contributed by atoms with Crippen LogP contribution in [0.1, 0.15) is 12.8 Å². The van der Waals surface area contributed by atoms with Gasteiger partial charge in [-0.25, -0.2) is 23.3 Å². The van der Waals surface area contributed by atoms with Crippen molar-refractivity contribution in [1.29, 1.82) is 0 Å². The van der Waals surface area contributed by atoms with Crippen LogP contribution in [0.15, 0.2) is 41.5 Å². The van der Waals surface area contributed by atoms with Gasteiger partial charge >= 0.3 is 5.69 Å². The summed E-state index contributed by atoms with van der Waals surface area (Å²) in [5.41, 5.74) is 0.485. The highest BCUT2D eigenvalue weighted by Gasteiger charge is 2.20. The smallest absolute Gasteiger partial charge is 0.350 e. The number of fused-ring (bicyclic) bond motifs is 1. The van der Waals surface area contributed by atoms with E-state index in [-0.39, 0.29) is 12.4 Å². The van der Waals surface area contributed by atoms with Gasteiger partial charge in [0.2, 0.25) is 11.6 Å². The van der Waals surface area contributed by atoms with Crippen molar-refractivity contribution in [2.45, 2.75) is 19.4 Å². The van der Waals surface area contributed by atoms with Crippen LogP contribution in [0, 0.1) is 5.82 Å². The second-order valence-electron chi connectivity index (χ2n) is 6.13. The molecule has 3 aromatic rings. The Morgan fingerprint density at radius 1 is 1.19 bits per heavy atom. The number of nitrogens with one attached hydrogen (secondary N) is 1. The first-order chi connectivity index (χ1) is 12.6. The number of carbonyl (C=O) groups excluding carboxylic acids is 1. The number of aromatic nitrogens is 4. The Hall–Kier alpha value is -3.23. The molecule has 1 aliphatic heterocycles. The van der Waals surface area contributed by atoms with Crippen LogP contribution in [0.3, 0.4) is 0 Å². The van der Waals surface area contributed by atoms with Crippen LogP contribution in [0.2, 0.25) is 0 Å². The molecule has 3 heterocycles. The summed E-state index contributed by atoms with van der Waals surface area (Å²) in [5, 5.41) is 6.91. The molecule has 0 unspecified atom stereocenters. The zero-order valence-electron chi connectivity index (χ0n) is 13.9. The molecule has 1 saturated heterocycles. The first-order valence-corrected chi connectivity index (χ1v) is 8.36. The molecule has 0 atom stereocenters. The molecule has 1 N–H and O–H groups in total. The fourth-order valence-electron chi connectivity index (χ4n) is 3.06. The number of nitrogens with zero attached hydrogens (tertiary/aromatic N) is 5. The Kier molecular flexibility index (Phi) is 4.11. The summed E-state index contributed by atoms with van der Waals surface area (Å²) < 4.78 is 15.4. The van der Waals surface area contributed by atoms with Crippen molar-refractivity contribution in [3.05, 3.63) is 53.0 Å². The number of rotatable bonds is 4. The monoisotopic (exact) mass is 356 g/mol. The van der Waals surface area contributed by atoms with Gasteiger partial charge in [-0.1, -0.05) is 0 Å². The van der Waals surface area contributed by atoms with E-state index < -0.39 is 11.6 Å². The van der Waals surface area contributed by atoms with E-state index in [1.165, 1.54) is 28.7 Å². The van der Waals surface area contributed by atoms with Crippen LogP contribution in [0.25, 0.3) is 5.65 Å². The van der Waals surface area contributed by atoms with Crippen molar-refractivity contribution in [2.75, 3.05) is 23.3 Å². The third-order valence-electron chi connectivity index (χ3n) is 4.31. The molecule has 1 aromatic carbocycles. The van der Waals surface area contributed by atoms with Crippen LogP contribution in [-0.2, 0) is 11.3 Å². The summed E-state index contributed by atoms with van der Waals surface area (Å²) in [6, 6.07) is 5.41. The highest BCUT2D eigenvalue weighted by molar-refractivity contribution is 5.90. The number of amides is 1. The number of anilines is 2. The van der Waals surface area contributed by atoms with Gasteiger partial charge in [0.1, 0.15) is 12.4 Å². The summed E-state index contributed by atoms with van der Waals surface area (Å²) in [7, 11) is 0. The fraction of sp³-hybridized carbons (Fsp3) is 0.294. The average Bonchev–Trinajstić information content (AvgIpc) is 3.26. The van der Waals surface area contributed by atoms with Crippen molar-refractivity contribution in [3.8, 4) is 0 Å². The quantitative estimate of drug-likeness (QED) is 0.761. The molecule has 0 saturated carbocycles. The maximum Gasteiger partial charge on any atom is 0.350 e. The van der Waals surface area contributed by atoms with E-state index in [1.54, 1.807) is 12.4 Å². The molecular formula is C17H17FN6O2. The standard InChI is InChI=1S/C17H17FN6O2/c18-12-3-5-13(6-4-12)20-14(25)11-24-17(26)23-10-7-19-15(16(23)21-24)22-8-1-2-9-22/h3-7,10H,1-2,8-9,11H2,(H,20,25). The van der Waals surface area contributed by atoms with Gasteiger partial charge in [0, 0.05) is 31.2 Å². The Labute approximate surface area is 147 Å². The summed E-state index contributed by atoms with van der Waals surface area (Å²) in [5.74, 6) is -0.154. The average molecular weight is 356 g/mol. The normalized spacial score (nSPS) is 14.1. The maximum absolute atomic E-state index is 12.9. The minimum absolute atomic E-state index is 0.239. The van der Waals surface area contributed by atoms with Crippen molar-refractivity contribution in [3.63, 3.8) is 0 Å². The van der Waals surface area contributed by atoms with Gasteiger partial charge in [0.15, 0.2) is 5.82 Å². The van der Waals surface area contributed by atoms with E-state index in [9.17, 15) is 14.0 Å². The van der Waals surface area contributed by atoms with E-state index >= 15 is 0 Å². The van der Waals surface area contributed by atoms with E-state index in [1.807, 2.05) is 0 Å². The van der Waals surface area contributed by atoms with E-state index in [4.69, 9.17) is 0 Å². The van der Waals surface area contributed by atoms with Crippen molar-refractivity contribution in [2.24, 2.45) is 0 Å². The lowest BCUT2D eigenvalue weighted by molar-refractivity contribution is -0.117. The molecule has 0 radical (unpaired) electrons. The number of halogens is 1. The molecule has 1 amide bonds. The molecule has 2 aromatic heterocycles. The lowest BCUT2D eigenvalue weighted by Gasteiger charge is -2.15. The highest BCUT2D eigenvalue weighted by atomic mass is 19.1. The van der Waals surface area contributed by atoms with E-state index in [0.29, 0.717) is 17.2 Å². The molecule has 0 aliphatic carbocycles. The minimum Gasteiger partial charge on any atom is -0.353 e. The predicted octanol–water partition coefficient (Wildman–Crippen LogP) is 1.27. The topological polar surface area (TPSA) is 84.5 Å². The van der Waals surface area contributed by atoms with Crippen molar-refractivity contribution in [1.82, 2.24) is 19.2 Å². The molecule has 134 valence electrons. The summed E-state index contributed by atoms with van der Waals surface area (Å²) in [6.07, 6.45) is 5.26. The van der Waals surface area contributed by atoms with Gasteiger partial charge in [-0.15, -0.1) is 5.10 Å². The molecule has 1 aliphatic rings. The predicted molar refractivity (Wildman–Crippen MR) is 93.7 cm³/mol. The van der Waals surface area contributed by atoms with Gasteiger partial charge in [-0.05, 0) is 37.1 Å². The summed E-state index contributed by atoms with van der Waals surface area (Å²) in [4.78, 5) is 31.2. The Bertz CT molecular complexity index is 1000. The molecule has 9 heteroatoms. The molecule has 1 fully saturated rings. The van der Waals surface area contributed by atoms with Gasteiger partial charge in [-0.3, -0.25) is 4.79 Å². The van der Waals surface area contributed by atoms with Crippen LogP contribution < -0.4 is 15.9 Å². The molecular weight excluding hydrogens is 339 g/mol. The minimum atomic E-state index is -0.419. The largest absolute Gasteiger partial charge is 0.353 e. The number of carbonyl (C=O) groups is 1. The third kappa shape index (κ3) is 3.03. The number of benzene rings is 1. The number of hydrogen-bond donors (Lipinski definition) is 1. The molecule has 0 spiro atoms. The Balaban J connectivity index is 1.59. The molecule has 8 nitrogen and oxygen atoms in total. The molecule has 0 bridgehead atoms. The lowest BCUT2D eigenvalue weighted by atomic mass is 10.3. The zero-order chi connectivity index (χ0) is 18.1. The fourth-order valence-corrected chi connectivity index (χ4v) is 3.06. The van der Waals surface area contributed by atoms with Gasteiger partial charge in [0.05, 0.1) is 0 Å². The van der Waals surface area contributed by atoms with Gasteiger partial charge in [-0.2, -0.15) is 0 Å². The maximum atomic E-state index is 12.9. The number of hydrogen-bond acceptors (Lipinski definition) is 5. The second kappa shape index (κ2) is 6.58. The molecule has 4 rings (SSSR count). The summed E-state index contributed by atoms with van der Waals surface area (Å²) in [6.45, 7) is 1.51. The van der Waals surface area contributed by atoms with Crippen LogP contribution in [0.5, 0.6) is 0 Å². The van der Waals surface area contributed by atoms with E-state index in [0.717, 1.165) is 30.6 Å². The Morgan fingerprint density at radius 3 is 2.65 bits per heavy atom. The van der Waals surface area contributed by atoms with Crippen LogP contribution in [0.4, 0.5) is 15.9 Å². The first kappa shape index (κ1) is 16.2. The van der Waals surface area contributed by atoms with Gasteiger partial charge in [0.25, 0.3) is 0 Å². The summed E-state index contributed by atoms with van der Waals surface area (Å²) >= 11 is 0. The molecule has 26 heavy (non-hydrogen) atoms. The van der Waals surface area contributed by atoms with E-state index in [2.05, 4.69) is 20.3 Å². The highest BCUT2D eigenvalue weighted by Crippen LogP contribution is 2.20. The second-order valence-corrected chi connectivity index (χ2v) is 6.13.